The van der Waals surface area contributed by atoms with Gasteiger partial charge >= 0.3 is 6.18 Å². The molecule has 13 heteroatoms. The molecule has 0 saturated heterocycles. The fourth-order valence-electron chi connectivity index (χ4n) is 3.27. The van der Waals surface area contributed by atoms with E-state index in [2.05, 4.69) is 20.7 Å². The lowest BCUT2D eigenvalue weighted by Gasteiger charge is -2.15. The molecule has 34 heavy (non-hydrogen) atoms. The van der Waals surface area contributed by atoms with E-state index in [1.54, 1.807) is 0 Å². The Hall–Kier alpha value is -4.16. The zero-order valence-electron chi connectivity index (χ0n) is 20.5. The topological polar surface area (TPSA) is 127 Å². The number of hydrogen-bond donors (Lipinski definition) is 3. The van der Waals surface area contributed by atoms with Gasteiger partial charge in [-0.25, -0.2) is 9.50 Å². The normalized spacial score (nSPS) is 15.1. The first-order chi connectivity index (χ1) is 17.3. The molecule has 3 N–H and O–H groups in total. The van der Waals surface area contributed by atoms with Crippen molar-refractivity contribution in [3.05, 3.63) is 41.9 Å². The molecular weight excluding hydrogens is 457 g/mol. The van der Waals surface area contributed by atoms with Crippen LogP contribution in [0.5, 0.6) is 5.75 Å². The van der Waals surface area contributed by atoms with Crippen LogP contribution in [0.4, 0.5) is 30.4 Å². The van der Waals surface area contributed by atoms with Crippen molar-refractivity contribution in [1.82, 2.24) is 19.9 Å². The molecule has 3 aromatic heterocycles. The van der Waals surface area contributed by atoms with Crippen molar-refractivity contribution in [1.29, 1.82) is 0 Å². The highest BCUT2D eigenvalue weighted by Gasteiger charge is 2.41. The van der Waals surface area contributed by atoms with Crippen molar-refractivity contribution in [2.75, 3.05) is 24.7 Å². The summed E-state index contributed by atoms with van der Waals surface area (Å²) in [5.41, 5.74) is -1.12. The van der Waals surface area contributed by atoms with Crippen LogP contribution in [0.1, 0.15) is 37.7 Å². The van der Waals surface area contributed by atoms with Crippen molar-refractivity contribution in [2.24, 2.45) is 5.92 Å². The molecule has 3 aromatic rings. The van der Waals surface area contributed by atoms with E-state index in [1.807, 2.05) is 5.32 Å². The van der Waals surface area contributed by atoms with Gasteiger partial charge in [0.25, 0.3) is 11.7 Å². The number of alkyl halides is 3. The minimum Gasteiger partial charge on any atom is -0.494 e. The average molecular weight is 479 g/mol. The van der Waals surface area contributed by atoms with Crippen LogP contribution in [0, 0.1) is 5.92 Å². The number of ether oxygens (including phenoxy) is 1. The molecule has 178 valence electrons. The highest BCUT2D eigenvalue weighted by molar-refractivity contribution is 6.06. The number of pyridine rings is 2. The summed E-state index contributed by atoms with van der Waals surface area (Å²) < 4.78 is 67.6. The van der Waals surface area contributed by atoms with Gasteiger partial charge in [0.1, 0.15) is 11.3 Å². The van der Waals surface area contributed by atoms with Crippen molar-refractivity contribution in [3.63, 3.8) is 0 Å². The van der Waals surface area contributed by atoms with Crippen molar-refractivity contribution in [2.45, 2.75) is 19.0 Å². The number of Topliss-reactive ketones (excluding diaryl/α,β-unsaturated/α-hetero) is 1. The van der Waals surface area contributed by atoms with E-state index < -0.39 is 36.2 Å². The van der Waals surface area contributed by atoms with Gasteiger partial charge in [-0.3, -0.25) is 14.4 Å². The minimum absolute atomic E-state index is 0.0160. The summed E-state index contributed by atoms with van der Waals surface area (Å²) in [6.45, 7) is -2.83. The van der Waals surface area contributed by atoms with E-state index >= 15 is 0 Å². The summed E-state index contributed by atoms with van der Waals surface area (Å²) in [5.74, 6) is -4.01. The fraction of sp³-hybridized carbons (Fsp3) is 0.286. The third-order valence-electron chi connectivity index (χ3n) is 5.07. The molecule has 0 bridgehead atoms. The molecule has 0 spiro atoms. The monoisotopic (exact) mass is 479 g/mol. The fourth-order valence-corrected chi connectivity index (χ4v) is 3.27. The Morgan fingerprint density at radius 1 is 1.21 bits per heavy atom. The number of aromatic nitrogens is 3. The molecule has 0 atom stereocenters. The van der Waals surface area contributed by atoms with Crippen LogP contribution in [-0.2, 0) is 4.79 Å². The van der Waals surface area contributed by atoms with Gasteiger partial charge in [0, 0.05) is 35.5 Å². The quantitative estimate of drug-likeness (QED) is 0.445. The number of nitrogens with one attached hydrogen (secondary N) is 3. The summed E-state index contributed by atoms with van der Waals surface area (Å²) in [6, 6.07) is 2.17. The summed E-state index contributed by atoms with van der Waals surface area (Å²) in [4.78, 5) is 40.8. The molecule has 1 aliphatic carbocycles. The lowest BCUT2D eigenvalue weighted by Crippen LogP contribution is -2.23. The van der Waals surface area contributed by atoms with Crippen molar-refractivity contribution < 1.29 is 36.4 Å². The van der Waals surface area contributed by atoms with Crippen LogP contribution in [0.25, 0.3) is 5.52 Å². The molecule has 4 rings (SSSR count). The van der Waals surface area contributed by atoms with Gasteiger partial charge in [-0.15, -0.1) is 0 Å². The second kappa shape index (κ2) is 8.65. The van der Waals surface area contributed by atoms with Crippen LogP contribution in [0.3, 0.4) is 0 Å². The highest BCUT2D eigenvalue weighted by atomic mass is 19.4. The second-order valence-electron chi connectivity index (χ2n) is 7.40. The third kappa shape index (κ3) is 4.36. The number of carbonyl (C=O) groups is 3. The predicted molar refractivity (Wildman–Crippen MR) is 114 cm³/mol. The Bertz CT molecular complexity index is 1400. The molecule has 0 aromatic carbocycles. The van der Waals surface area contributed by atoms with E-state index in [0.717, 1.165) is 42.9 Å². The molecule has 0 aliphatic heterocycles. The zero-order chi connectivity index (χ0) is 27.1. The van der Waals surface area contributed by atoms with Crippen molar-refractivity contribution >= 4 is 40.3 Å². The number of nitrogens with zero attached hydrogens (tertiary/aromatic N) is 3. The zero-order valence-corrected chi connectivity index (χ0v) is 17.5. The van der Waals surface area contributed by atoms with Gasteiger partial charge in [0.15, 0.2) is 5.75 Å². The van der Waals surface area contributed by atoms with E-state index in [4.69, 9.17) is 8.85 Å². The highest BCUT2D eigenvalue weighted by Crippen LogP contribution is 2.36. The van der Waals surface area contributed by atoms with E-state index in [9.17, 15) is 27.6 Å². The first-order valence-corrected chi connectivity index (χ1v) is 9.85. The summed E-state index contributed by atoms with van der Waals surface area (Å²) in [7, 11) is 1.08. The molecular formula is C21H19F3N6O4. The first-order valence-electron chi connectivity index (χ1n) is 11.3. The summed E-state index contributed by atoms with van der Waals surface area (Å²) >= 11 is 0. The Morgan fingerprint density at radius 3 is 2.62 bits per heavy atom. The van der Waals surface area contributed by atoms with E-state index in [1.165, 1.54) is 12.3 Å². The Morgan fingerprint density at radius 2 is 1.97 bits per heavy atom. The lowest BCUT2D eigenvalue weighted by molar-refractivity contribution is -0.117. The van der Waals surface area contributed by atoms with Crippen LogP contribution in [0.15, 0.2) is 30.7 Å². The van der Waals surface area contributed by atoms with Gasteiger partial charge in [-0.05, 0) is 18.9 Å². The Balaban J connectivity index is 1.79. The molecule has 1 fully saturated rings. The maximum Gasteiger partial charge on any atom is 0.455 e. The summed E-state index contributed by atoms with van der Waals surface area (Å²) in [5, 5.41) is 11.3. The first kappa shape index (κ1) is 19.3. The molecule has 10 nitrogen and oxygen atoms in total. The number of halogens is 3. The third-order valence-corrected chi connectivity index (χ3v) is 5.07. The average Bonchev–Trinajstić information content (AvgIpc) is 3.58. The number of amides is 2. The largest absolute Gasteiger partial charge is 0.494 e. The number of carbonyl (C=O) groups excluding carboxylic acids is 3. The number of anilines is 3. The number of hydrogen-bond acceptors (Lipinski definition) is 7. The van der Waals surface area contributed by atoms with Crippen molar-refractivity contribution in [3.8, 4) is 5.75 Å². The number of methoxy groups -OCH3 is 1. The summed E-state index contributed by atoms with van der Waals surface area (Å²) in [6.07, 6.45) is -0.368. The smallest absolute Gasteiger partial charge is 0.455 e. The molecule has 3 heterocycles. The van der Waals surface area contributed by atoms with Crippen LogP contribution >= 0.6 is 0 Å². The number of rotatable bonds is 7. The Labute approximate surface area is 194 Å². The van der Waals surface area contributed by atoms with Crippen LogP contribution in [-0.4, -0.2) is 52.5 Å². The molecule has 0 unspecified atom stereocenters. The van der Waals surface area contributed by atoms with Gasteiger partial charge in [0.05, 0.1) is 35.8 Å². The molecule has 2 amide bonds. The number of ketones is 1. The molecule has 1 aliphatic rings. The molecule has 0 radical (unpaired) electrons. The van der Waals surface area contributed by atoms with E-state index in [0.29, 0.717) is 0 Å². The maximum atomic E-state index is 13.1. The van der Waals surface area contributed by atoms with Crippen LogP contribution < -0.4 is 20.7 Å². The van der Waals surface area contributed by atoms with Gasteiger partial charge in [-0.1, -0.05) is 0 Å². The van der Waals surface area contributed by atoms with Gasteiger partial charge < -0.3 is 20.7 Å². The standard InChI is InChI=1S/C21H19F3N6O4/c1-25-20(33)12-8-26-15(29-19(32)10-3-4-10)7-13(12)28-14-9-27-30-6-5-11(17(34-2)16(14)30)18(31)21(22,23)24/h5-10H,3-4H2,1-2H3,(H,25,33)(H2,26,28,29,32)/i1D3. The Kier molecular flexibility index (Phi) is 4.91. The van der Waals surface area contributed by atoms with Crippen LogP contribution in [0.2, 0.25) is 0 Å². The SMILES string of the molecule is [2H]C([2H])([2H])NC(=O)c1cnc(NC(=O)C2CC2)cc1Nc1cnn2ccc(C(=O)C(F)(F)F)c(OC)c12. The lowest BCUT2D eigenvalue weighted by atomic mass is 10.1. The van der Waals surface area contributed by atoms with E-state index in [-0.39, 0.29) is 40.1 Å². The molecule has 1 saturated carbocycles. The second-order valence-corrected chi connectivity index (χ2v) is 7.40. The van der Waals surface area contributed by atoms with Gasteiger partial charge in [-0.2, -0.15) is 18.3 Å². The minimum atomic E-state index is -5.17. The van der Waals surface area contributed by atoms with Gasteiger partial charge in [0.2, 0.25) is 5.91 Å². The maximum absolute atomic E-state index is 13.1. The predicted octanol–water partition coefficient (Wildman–Crippen LogP) is 2.93. The number of fused-ring (bicyclic) bond motifs is 1.